The summed E-state index contributed by atoms with van der Waals surface area (Å²) in [4.78, 5) is 20.6. The molecule has 10 heteroatoms. The fourth-order valence-corrected chi connectivity index (χ4v) is 3.52. The first kappa shape index (κ1) is 21.4. The standard InChI is InChI=1S/C22H20ClN7O2/c1-3-4-20(32)26-14-5-6-16-17(13-29(2)19(16)9-14)21-18(23)11-24-22(28-21)27-15-10-25-30(12-15)7-8-31/h5-6,9-13,31H,7-8H2,1-2H3,(H,26,32)(H,24,27,28). The van der Waals surface area contributed by atoms with Gasteiger partial charge in [0.1, 0.15) is 0 Å². The highest BCUT2D eigenvalue weighted by Crippen LogP contribution is 2.35. The average molecular weight is 450 g/mol. The van der Waals surface area contributed by atoms with E-state index in [9.17, 15) is 4.79 Å². The van der Waals surface area contributed by atoms with Gasteiger partial charge in [0.2, 0.25) is 5.95 Å². The van der Waals surface area contributed by atoms with Crippen molar-refractivity contribution in [2.24, 2.45) is 7.05 Å². The van der Waals surface area contributed by atoms with Crippen molar-refractivity contribution < 1.29 is 9.90 Å². The Morgan fingerprint density at radius 3 is 2.88 bits per heavy atom. The normalized spacial score (nSPS) is 10.6. The summed E-state index contributed by atoms with van der Waals surface area (Å²) in [6, 6.07) is 5.59. The summed E-state index contributed by atoms with van der Waals surface area (Å²) in [7, 11) is 1.91. The quantitative estimate of drug-likeness (QED) is 0.390. The lowest BCUT2D eigenvalue weighted by molar-refractivity contribution is -0.111. The van der Waals surface area contributed by atoms with Crippen molar-refractivity contribution >= 4 is 45.7 Å². The van der Waals surface area contributed by atoms with Gasteiger partial charge >= 0.3 is 0 Å². The lowest BCUT2D eigenvalue weighted by Crippen LogP contribution is -2.08. The molecule has 3 N–H and O–H groups in total. The minimum Gasteiger partial charge on any atom is -0.394 e. The average Bonchev–Trinajstić information content (AvgIpc) is 3.34. The Kier molecular flexibility index (Phi) is 6.07. The predicted molar refractivity (Wildman–Crippen MR) is 124 cm³/mol. The number of aryl methyl sites for hydroxylation is 1. The fraction of sp³-hybridized carbons (Fsp3) is 0.182. The third-order valence-electron chi connectivity index (χ3n) is 4.70. The molecule has 32 heavy (non-hydrogen) atoms. The van der Waals surface area contributed by atoms with Crippen LogP contribution >= 0.6 is 11.6 Å². The van der Waals surface area contributed by atoms with Crippen molar-refractivity contribution in [3.8, 4) is 23.1 Å². The highest BCUT2D eigenvalue weighted by Gasteiger charge is 2.16. The van der Waals surface area contributed by atoms with Crippen molar-refractivity contribution in [1.82, 2.24) is 24.3 Å². The summed E-state index contributed by atoms with van der Waals surface area (Å²) >= 11 is 6.45. The molecule has 9 nitrogen and oxygen atoms in total. The van der Waals surface area contributed by atoms with Crippen LogP contribution in [0, 0.1) is 11.8 Å². The van der Waals surface area contributed by atoms with Crippen LogP contribution in [-0.2, 0) is 18.4 Å². The smallest absolute Gasteiger partial charge is 0.300 e. The second-order valence-corrected chi connectivity index (χ2v) is 7.35. The Balaban J connectivity index is 1.67. The Morgan fingerprint density at radius 1 is 1.25 bits per heavy atom. The highest BCUT2D eigenvalue weighted by atomic mass is 35.5. The zero-order chi connectivity index (χ0) is 22.7. The van der Waals surface area contributed by atoms with Crippen LogP contribution in [0.3, 0.4) is 0 Å². The largest absolute Gasteiger partial charge is 0.394 e. The summed E-state index contributed by atoms with van der Waals surface area (Å²) in [5, 5.41) is 20.4. The van der Waals surface area contributed by atoms with E-state index in [1.807, 2.05) is 36.0 Å². The third kappa shape index (κ3) is 4.42. The number of benzene rings is 1. The van der Waals surface area contributed by atoms with E-state index >= 15 is 0 Å². The predicted octanol–water partition coefficient (Wildman–Crippen LogP) is 3.18. The molecular formula is C22H20ClN7O2. The molecule has 3 heterocycles. The van der Waals surface area contributed by atoms with E-state index in [1.54, 1.807) is 30.2 Å². The number of rotatable bonds is 6. The van der Waals surface area contributed by atoms with E-state index in [1.165, 1.54) is 0 Å². The maximum atomic E-state index is 11.8. The molecule has 0 atom stereocenters. The first-order valence-electron chi connectivity index (χ1n) is 9.74. The second kappa shape index (κ2) is 9.09. The van der Waals surface area contributed by atoms with E-state index in [4.69, 9.17) is 16.7 Å². The number of aliphatic hydroxyl groups excluding tert-OH is 1. The van der Waals surface area contributed by atoms with Crippen LogP contribution < -0.4 is 10.6 Å². The number of halogens is 1. The van der Waals surface area contributed by atoms with Gasteiger partial charge in [-0.05, 0) is 25.0 Å². The summed E-state index contributed by atoms with van der Waals surface area (Å²) in [6.07, 6.45) is 6.86. The SMILES string of the molecule is CC#CC(=O)Nc1ccc2c(-c3nc(Nc4cnn(CCO)c4)ncc3Cl)cn(C)c2c1. The molecule has 0 fully saturated rings. The topological polar surface area (TPSA) is 110 Å². The van der Waals surface area contributed by atoms with Gasteiger partial charge in [0.25, 0.3) is 5.91 Å². The lowest BCUT2D eigenvalue weighted by Gasteiger charge is -2.07. The number of nitrogens with one attached hydrogen (secondary N) is 2. The van der Waals surface area contributed by atoms with Crippen molar-refractivity contribution in [2.45, 2.75) is 13.5 Å². The van der Waals surface area contributed by atoms with Crippen LogP contribution in [0.15, 0.2) is 43.0 Å². The molecule has 0 aliphatic carbocycles. The molecular weight excluding hydrogens is 430 g/mol. The maximum Gasteiger partial charge on any atom is 0.300 e. The number of anilines is 3. The summed E-state index contributed by atoms with van der Waals surface area (Å²) in [5.41, 5.74) is 3.65. The van der Waals surface area contributed by atoms with Crippen molar-refractivity contribution in [3.05, 3.63) is 48.0 Å². The minimum absolute atomic E-state index is 0.00118. The van der Waals surface area contributed by atoms with Crippen LogP contribution in [0.1, 0.15) is 6.92 Å². The molecule has 162 valence electrons. The molecule has 4 rings (SSSR count). The van der Waals surface area contributed by atoms with Gasteiger partial charge in [-0.15, -0.1) is 0 Å². The minimum atomic E-state index is -0.363. The molecule has 1 aromatic carbocycles. The van der Waals surface area contributed by atoms with Gasteiger partial charge in [-0.1, -0.05) is 23.6 Å². The number of hydrogen-bond donors (Lipinski definition) is 3. The van der Waals surface area contributed by atoms with Gasteiger partial charge < -0.3 is 20.3 Å². The molecule has 0 aliphatic heterocycles. The van der Waals surface area contributed by atoms with Gasteiger partial charge in [-0.3, -0.25) is 9.48 Å². The summed E-state index contributed by atoms with van der Waals surface area (Å²) in [6.45, 7) is 2.01. The Morgan fingerprint density at radius 2 is 2.09 bits per heavy atom. The number of aliphatic hydroxyl groups is 1. The monoisotopic (exact) mass is 449 g/mol. The molecule has 4 aromatic rings. The van der Waals surface area contributed by atoms with Crippen LogP contribution in [0.4, 0.5) is 17.3 Å². The Bertz CT molecular complexity index is 1360. The van der Waals surface area contributed by atoms with Crippen LogP contribution in [0.5, 0.6) is 0 Å². The van der Waals surface area contributed by atoms with Crippen LogP contribution in [0.25, 0.3) is 22.2 Å². The molecule has 3 aromatic heterocycles. The number of hydrogen-bond acceptors (Lipinski definition) is 6. The molecule has 0 saturated heterocycles. The van der Waals surface area contributed by atoms with Crippen LogP contribution in [0.2, 0.25) is 5.02 Å². The van der Waals surface area contributed by atoms with E-state index in [-0.39, 0.29) is 12.5 Å². The molecule has 0 spiro atoms. The molecule has 0 bridgehead atoms. The van der Waals surface area contributed by atoms with Gasteiger partial charge in [-0.25, -0.2) is 9.97 Å². The molecule has 0 saturated carbocycles. The van der Waals surface area contributed by atoms with Crippen molar-refractivity contribution in [1.29, 1.82) is 0 Å². The number of amides is 1. The van der Waals surface area contributed by atoms with Gasteiger partial charge in [0, 0.05) is 36.1 Å². The molecule has 1 amide bonds. The number of aromatic nitrogens is 5. The lowest BCUT2D eigenvalue weighted by atomic mass is 10.1. The molecule has 0 radical (unpaired) electrons. The summed E-state index contributed by atoms with van der Waals surface area (Å²) < 4.78 is 3.56. The van der Waals surface area contributed by atoms with Gasteiger partial charge in [-0.2, -0.15) is 5.10 Å². The van der Waals surface area contributed by atoms with Crippen LogP contribution in [-0.4, -0.2) is 41.9 Å². The van der Waals surface area contributed by atoms with Crippen molar-refractivity contribution in [3.63, 3.8) is 0 Å². The number of fused-ring (bicyclic) bond motifs is 1. The van der Waals surface area contributed by atoms with E-state index < -0.39 is 0 Å². The fourth-order valence-electron chi connectivity index (χ4n) is 3.32. The first-order chi connectivity index (χ1) is 15.5. The molecule has 0 aliphatic rings. The molecule has 0 unspecified atom stereocenters. The van der Waals surface area contributed by atoms with E-state index in [0.29, 0.717) is 34.6 Å². The third-order valence-corrected chi connectivity index (χ3v) is 4.98. The van der Waals surface area contributed by atoms with Gasteiger partial charge in [0.15, 0.2) is 0 Å². The first-order valence-corrected chi connectivity index (χ1v) is 10.1. The second-order valence-electron chi connectivity index (χ2n) is 6.95. The summed E-state index contributed by atoms with van der Waals surface area (Å²) in [5.74, 6) is 5.05. The van der Waals surface area contributed by atoms with E-state index in [2.05, 4.69) is 37.5 Å². The van der Waals surface area contributed by atoms with E-state index in [0.717, 1.165) is 16.5 Å². The number of carbonyl (C=O) groups is 1. The van der Waals surface area contributed by atoms with Gasteiger partial charge in [0.05, 0.1) is 47.5 Å². The highest BCUT2D eigenvalue weighted by molar-refractivity contribution is 6.33. The zero-order valence-corrected chi connectivity index (χ0v) is 18.2. The number of carbonyl (C=O) groups excluding carboxylic acids is 1. The Hall–Kier alpha value is -3.87. The Labute approximate surface area is 189 Å². The maximum absolute atomic E-state index is 11.8. The zero-order valence-electron chi connectivity index (χ0n) is 17.4. The number of nitrogens with zero attached hydrogens (tertiary/aromatic N) is 5. The van der Waals surface area contributed by atoms with Crippen molar-refractivity contribution in [2.75, 3.05) is 17.2 Å².